The number of aromatic amines is 1. The summed E-state index contributed by atoms with van der Waals surface area (Å²) < 4.78 is 1.90. The molecule has 1 fully saturated rings. The highest BCUT2D eigenvalue weighted by Gasteiger charge is 2.23. The number of nitrogens with zero attached hydrogens (tertiary/aromatic N) is 3. The van der Waals surface area contributed by atoms with E-state index in [1.54, 1.807) is 6.07 Å². The van der Waals surface area contributed by atoms with E-state index < -0.39 is 0 Å². The highest BCUT2D eigenvalue weighted by molar-refractivity contribution is 5.92. The van der Waals surface area contributed by atoms with Gasteiger partial charge in [0.05, 0.1) is 11.0 Å². The van der Waals surface area contributed by atoms with Crippen molar-refractivity contribution in [2.45, 2.75) is 25.8 Å². The molecule has 0 saturated carbocycles. The first kappa shape index (κ1) is 18.4. The number of piperidine rings is 1. The van der Waals surface area contributed by atoms with Gasteiger partial charge in [0.2, 0.25) is 0 Å². The molecule has 1 amide bonds. The lowest BCUT2D eigenvalue weighted by Crippen LogP contribution is -2.41. The number of carbonyl (C=O) groups excluding carboxylic acids is 1. The summed E-state index contributed by atoms with van der Waals surface area (Å²) in [6.45, 7) is 5.09. The van der Waals surface area contributed by atoms with Crippen LogP contribution in [0, 0.1) is 6.92 Å². The molecule has 1 saturated heterocycles. The number of nitrogens with one attached hydrogen (secondary N) is 2. The lowest BCUT2D eigenvalue weighted by molar-refractivity contribution is 0.0939. The van der Waals surface area contributed by atoms with Crippen LogP contribution < -0.4 is 11.0 Å². The molecule has 1 aliphatic rings. The summed E-state index contributed by atoms with van der Waals surface area (Å²) in [5, 5.41) is 2.94. The molecular weight excluding hydrogens is 354 g/mol. The molecule has 0 aliphatic carbocycles. The van der Waals surface area contributed by atoms with Gasteiger partial charge in [-0.1, -0.05) is 18.2 Å². The SMILES string of the molecule is Cc1cccc(C(=O)NCCN2CCC(n3c(=O)[nH]c4ccccc43)CC2)n1. The van der Waals surface area contributed by atoms with Crippen LogP contribution in [0.15, 0.2) is 47.3 Å². The first-order valence-electron chi connectivity index (χ1n) is 9.75. The van der Waals surface area contributed by atoms with Crippen molar-refractivity contribution >= 4 is 16.9 Å². The van der Waals surface area contributed by atoms with E-state index >= 15 is 0 Å². The number of aryl methyl sites for hydroxylation is 1. The van der Waals surface area contributed by atoms with Gasteiger partial charge >= 0.3 is 5.69 Å². The molecule has 4 rings (SSSR count). The lowest BCUT2D eigenvalue weighted by Gasteiger charge is -2.32. The minimum atomic E-state index is -0.135. The second-order valence-electron chi connectivity index (χ2n) is 7.31. The minimum Gasteiger partial charge on any atom is -0.349 e. The van der Waals surface area contributed by atoms with Crippen molar-refractivity contribution in [1.29, 1.82) is 0 Å². The Balaban J connectivity index is 1.29. The Hall–Kier alpha value is -2.93. The van der Waals surface area contributed by atoms with Crippen molar-refractivity contribution in [3.8, 4) is 0 Å². The monoisotopic (exact) mass is 379 g/mol. The van der Waals surface area contributed by atoms with Crippen molar-refractivity contribution < 1.29 is 4.79 Å². The maximum absolute atomic E-state index is 12.4. The third kappa shape index (κ3) is 3.84. The van der Waals surface area contributed by atoms with Crippen molar-refractivity contribution in [2.75, 3.05) is 26.2 Å². The van der Waals surface area contributed by atoms with Crippen LogP contribution in [0.5, 0.6) is 0 Å². The lowest BCUT2D eigenvalue weighted by atomic mass is 10.0. The number of fused-ring (bicyclic) bond motifs is 1. The van der Waals surface area contributed by atoms with Gasteiger partial charge in [0, 0.05) is 37.9 Å². The van der Waals surface area contributed by atoms with Crippen LogP contribution >= 0.6 is 0 Å². The molecule has 0 unspecified atom stereocenters. The number of imidazole rings is 1. The second kappa shape index (κ2) is 7.98. The molecule has 7 nitrogen and oxygen atoms in total. The van der Waals surface area contributed by atoms with Crippen molar-refractivity contribution in [3.63, 3.8) is 0 Å². The molecular formula is C21H25N5O2. The van der Waals surface area contributed by atoms with Crippen LogP contribution in [0.3, 0.4) is 0 Å². The molecule has 0 atom stereocenters. The summed E-state index contributed by atoms with van der Waals surface area (Å²) in [5.74, 6) is -0.135. The number of amides is 1. The van der Waals surface area contributed by atoms with E-state index in [-0.39, 0.29) is 17.6 Å². The zero-order valence-electron chi connectivity index (χ0n) is 16.0. The first-order valence-corrected chi connectivity index (χ1v) is 9.75. The van der Waals surface area contributed by atoms with Gasteiger partial charge in [-0.2, -0.15) is 0 Å². The number of pyridine rings is 1. The maximum atomic E-state index is 12.4. The summed E-state index contributed by atoms with van der Waals surface area (Å²) in [6.07, 6.45) is 1.85. The summed E-state index contributed by atoms with van der Waals surface area (Å²) >= 11 is 0. The fourth-order valence-electron chi connectivity index (χ4n) is 3.93. The van der Waals surface area contributed by atoms with Crippen molar-refractivity contribution in [2.24, 2.45) is 0 Å². The van der Waals surface area contributed by atoms with Crippen LogP contribution in [0.4, 0.5) is 0 Å². The Kier molecular flexibility index (Phi) is 5.25. The third-order valence-corrected chi connectivity index (χ3v) is 5.38. The molecule has 1 aromatic carbocycles. The van der Waals surface area contributed by atoms with E-state index in [9.17, 15) is 9.59 Å². The largest absolute Gasteiger partial charge is 0.349 e. The van der Waals surface area contributed by atoms with E-state index in [0.29, 0.717) is 12.2 Å². The van der Waals surface area contributed by atoms with Crippen LogP contribution in [-0.2, 0) is 0 Å². The highest BCUT2D eigenvalue weighted by atomic mass is 16.2. The molecule has 0 radical (unpaired) electrons. The van der Waals surface area contributed by atoms with Gasteiger partial charge in [-0.05, 0) is 44.0 Å². The molecule has 3 heterocycles. The number of rotatable bonds is 5. The zero-order valence-corrected chi connectivity index (χ0v) is 16.0. The predicted octanol–water partition coefficient (Wildman–Crippen LogP) is 2.10. The number of carbonyl (C=O) groups is 1. The molecule has 0 spiro atoms. The number of hydrogen-bond donors (Lipinski definition) is 2. The van der Waals surface area contributed by atoms with E-state index in [1.165, 1.54) is 0 Å². The van der Waals surface area contributed by atoms with Crippen molar-refractivity contribution in [1.82, 2.24) is 24.8 Å². The number of para-hydroxylation sites is 2. The molecule has 1 aliphatic heterocycles. The van der Waals surface area contributed by atoms with Crippen LogP contribution in [-0.4, -0.2) is 51.5 Å². The molecule has 2 N–H and O–H groups in total. The topological polar surface area (TPSA) is 83.0 Å². The summed E-state index contributed by atoms with van der Waals surface area (Å²) in [5.41, 5.74) is 3.13. The highest BCUT2D eigenvalue weighted by Crippen LogP contribution is 2.24. The normalized spacial score (nSPS) is 15.8. The summed E-state index contributed by atoms with van der Waals surface area (Å²) in [7, 11) is 0. The number of likely N-dealkylation sites (tertiary alicyclic amines) is 1. The molecule has 7 heteroatoms. The smallest absolute Gasteiger partial charge is 0.326 e. The fourth-order valence-corrected chi connectivity index (χ4v) is 3.93. The Bertz CT molecular complexity index is 1030. The predicted molar refractivity (Wildman–Crippen MR) is 109 cm³/mol. The van der Waals surface area contributed by atoms with Gasteiger partial charge in [0.25, 0.3) is 5.91 Å². The molecule has 2 aromatic heterocycles. The summed E-state index contributed by atoms with van der Waals surface area (Å²) in [4.78, 5) is 34.1. The number of H-pyrrole nitrogens is 1. The average Bonchev–Trinajstić information content (AvgIpc) is 3.04. The number of aromatic nitrogens is 3. The van der Waals surface area contributed by atoms with Gasteiger partial charge in [0.1, 0.15) is 5.69 Å². The zero-order chi connectivity index (χ0) is 19.5. The van der Waals surface area contributed by atoms with Crippen LogP contribution in [0.2, 0.25) is 0 Å². The Morgan fingerprint density at radius 1 is 1.18 bits per heavy atom. The van der Waals surface area contributed by atoms with Crippen LogP contribution in [0.1, 0.15) is 35.1 Å². The van der Waals surface area contributed by atoms with Gasteiger partial charge < -0.3 is 15.2 Å². The Morgan fingerprint density at radius 2 is 1.96 bits per heavy atom. The second-order valence-corrected chi connectivity index (χ2v) is 7.31. The van der Waals surface area contributed by atoms with E-state index in [1.807, 2.05) is 47.9 Å². The van der Waals surface area contributed by atoms with Gasteiger partial charge in [-0.3, -0.25) is 9.36 Å². The maximum Gasteiger partial charge on any atom is 0.326 e. The quantitative estimate of drug-likeness (QED) is 0.711. The molecule has 0 bridgehead atoms. The average molecular weight is 379 g/mol. The molecule has 3 aromatic rings. The molecule has 146 valence electrons. The Morgan fingerprint density at radius 3 is 2.75 bits per heavy atom. The number of hydrogen-bond acceptors (Lipinski definition) is 4. The van der Waals surface area contributed by atoms with E-state index in [4.69, 9.17) is 0 Å². The van der Waals surface area contributed by atoms with Gasteiger partial charge in [-0.25, -0.2) is 9.78 Å². The standard InChI is InChI=1S/C21H25N5O2/c1-15-5-4-7-18(23-15)20(27)22-11-14-25-12-9-16(10-13-25)26-19-8-3-2-6-17(19)24-21(26)28/h2-8,16H,9-14H2,1H3,(H,22,27)(H,24,28). The van der Waals surface area contributed by atoms with Crippen molar-refractivity contribution in [3.05, 3.63) is 64.3 Å². The van der Waals surface area contributed by atoms with Gasteiger partial charge in [0.15, 0.2) is 0 Å². The first-order chi connectivity index (χ1) is 13.6. The van der Waals surface area contributed by atoms with E-state index in [0.717, 1.165) is 49.2 Å². The van der Waals surface area contributed by atoms with Crippen LogP contribution in [0.25, 0.3) is 11.0 Å². The van der Waals surface area contributed by atoms with Gasteiger partial charge in [-0.15, -0.1) is 0 Å². The number of benzene rings is 1. The summed E-state index contributed by atoms with van der Waals surface area (Å²) in [6, 6.07) is 13.5. The minimum absolute atomic E-state index is 0.0300. The van der Waals surface area contributed by atoms with E-state index in [2.05, 4.69) is 20.2 Å². The molecule has 28 heavy (non-hydrogen) atoms. The third-order valence-electron chi connectivity index (χ3n) is 5.38. The fraction of sp³-hybridized carbons (Fsp3) is 0.381. The Labute approximate surface area is 163 Å².